The van der Waals surface area contributed by atoms with Gasteiger partial charge in [-0.15, -0.1) is 0 Å². The van der Waals surface area contributed by atoms with Gasteiger partial charge in [-0.1, -0.05) is 48.5 Å². The number of nitrogens with zero attached hydrogens (tertiary/aromatic N) is 1. The van der Waals surface area contributed by atoms with E-state index in [0.717, 1.165) is 18.5 Å². The second-order valence-corrected chi connectivity index (χ2v) is 7.63. The van der Waals surface area contributed by atoms with Crippen LogP contribution in [-0.4, -0.2) is 31.4 Å². The Hall–Kier alpha value is -3.93. The van der Waals surface area contributed by atoms with E-state index in [1.807, 2.05) is 60.7 Å². The maximum Gasteiger partial charge on any atom is 0.306 e. The molecule has 0 aromatic heterocycles. The minimum absolute atomic E-state index is 0.0234. The number of anilines is 2. The van der Waals surface area contributed by atoms with E-state index in [-0.39, 0.29) is 30.6 Å². The third-order valence-electron chi connectivity index (χ3n) is 5.14. The topological polar surface area (TPSA) is 75.7 Å². The maximum atomic E-state index is 12.6. The zero-order valence-corrected chi connectivity index (χ0v) is 18.7. The van der Waals surface area contributed by atoms with E-state index >= 15 is 0 Å². The van der Waals surface area contributed by atoms with E-state index in [1.165, 1.54) is 5.56 Å². The fraction of sp³-hybridized carbons (Fsp3) is 0.222. The molecular weight excluding hydrogens is 416 g/mol. The van der Waals surface area contributed by atoms with Gasteiger partial charge in [0.05, 0.1) is 13.0 Å². The van der Waals surface area contributed by atoms with Crippen LogP contribution in [0.1, 0.15) is 35.2 Å². The molecule has 1 N–H and O–H groups in total. The monoisotopic (exact) mass is 444 g/mol. The number of esters is 1. The van der Waals surface area contributed by atoms with E-state index in [4.69, 9.17) is 4.74 Å². The van der Waals surface area contributed by atoms with Crippen LogP contribution in [0.25, 0.3) is 0 Å². The number of benzene rings is 3. The Labute approximate surface area is 194 Å². The summed E-state index contributed by atoms with van der Waals surface area (Å²) in [5.74, 6) is -0.811. The molecule has 0 unspecified atom stereocenters. The van der Waals surface area contributed by atoms with Crippen molar-refractivity contribution >= 4 is 29.2 Å². The third-order valence-corrected chi connectivity index (χ3v) is 5.14. The van der Waals surface area contributed by atoms with Crippen molar-refractivity contribution in [1.82, 2.24) is 0 Å². The summed E-state index contributed by atoms with van der Waals surface area (Å²) in [6, 6.07) is 26.0. The van der Waals surface area contributed by atoms with Crippen LogP contribution in [0.15, 0.2) is 84.9 Å². The lowest BCUT2D eigenvalue weighted by molar-refractivity contribution is -0.144. The maximum absolute atomic E-state index is 12.6. The van der Waals surface area contributed by atoms with Crippen LogP contribution in [-0.2, 0) is 20.7 Å². The van der Waals surface area contributed by atoms with Gasteiger partial charge < -0.3 is 15.0 Å². The normalized spacial score (nSPS) is 10.3. The second kappa shape index (κ2) is 12.2. The van der Waals surface area contributed by atoms with Gasteiger partial charge in [0.1, 0.15) is 0 Å². The highest BCUT2D eigenvalue weighted by Crippen LogP contribution is 2.17. The molecule has 3 aromatic carbocycles. The number of para-hydroxylation sites is 1. The van der Waals surface area contributed by atoms with Crippen molar-refractivity contribution in [1.29, 1.82) is 0 Å². The standard InChI is InChI=1S/C27H28N2O4/c1-29(24-12-6-3-7-13-24)27(32)22-14-16-23(17-15-22)28-25(30)18-19-26(31)33-20-8-11-21-9-4-2-5-10-21/h2-7,9-10,12-17H,8,11,18-20H2,1H3,(H,28,30). The van der Waals surface area contributed by atoms with Gasteiger partial charge in [-0.25, -0.2) is 0 Å². The van der Waals surface area contributed by atoms with Crippen molar-refractivity contribution in [2.24, 2.45) is 0 Å². The first-order valence-corrected chi connectivity index (χ1v) is 11.0. The van der Waals surface area contributed by atoms with Gasteiger partial charge in [0, 0.05) is 30.4 Å². The molecule has 170 valence electrons. The first kappa shape index (κ1) is 23.7. The van der Waals surface area contributed by atoms with Crippen molar-refractivity contribution in [2.75, 3.05) is 23.9 Å². The van der Waals surface area contributed by atoms with Gasteiger partial charge in [0.2, 0.25) is 5.91 Å². The number of hydrogen-bond donors (Lipinski definition) is 1. The predicted molar refractivity (Wildman–Crippen MR) is 129 cm³/mol. The molecule has 3 aromatic rings. The number of rotatable bonds is 10. The fourth-order valence-corrected chi connectivity index (χ4v) is 3.28. The molecule has 0 aliphatic rings. The molecule has 33 heavy (non-hydrogen) atoms. The number of hydrogen-bond acceptors (Lipinski definition) is 4. The smallest absolute Gasteiger partial charge is 0.306 e. The highest BCUT2D eigenvalue weighted by molar-refractivity contribution is 6.06. The molecule has 2 amide bonds. The number of ether oxygens (including phenoxy) is 1. The Morgan fingerprint density at radius 1 is 0.818 bits per heavy atom. The molecular formula is C27H28N2O4. The SMILES string of the molecule is CN(C(=O)c1ccc(NC(=O)CCC(=O)OCCCc2ccccc2)cc1)c1ccccc1. The van der Waals surface area contributed by atoms with Crippen molar-refractivity contribution < 1.29 is 19.1 Å². The summed E-state index contributed by atoms with van der Waals surface area (Å²) in [7, 11) is 1.72. The molecule has 0 saturated carbocycles. The molecule has 0 radical (unpaired) electrons. The largest absolute Gasteiger partial charge is 0.466 e. The van der Waals surface area contributed by atoms with Gasteiger partial charge in [-0.3, -0.25) is 14.4 Å². The Morgan fingerprint density at radius 2 is 1.45 bits per heavy atom. The van der Waals surface area contributed by atoms with E-state index in [0.29, 0.717) is 17.9 Å². The fourth-order valence-electron chi connectivity index (χ4n) is 3.28. The molecule has 0 atom stereocenters. The van der Waals surface area contributed by atoms with E-state index in [1.54, 1.807) is 36.2 Å². The summed E-state index contributed by atoms with van der Waals surface area (Å²) in [5.41, 5.74) is 3.08. The second-order valence-electron chi connectivity index (χ2n) is 7.63. The molecule has 6 nitrogen and oxygen atoms in total. The van der Waals surface area contributed by atoms with E-state index in [2.05, 4.69) is 5.32 Å². The molecule has 0 aliphatic heterocycles. The minimum Gasteiger partial charge on any atom is -0.466 e. The number of carbonyl (C=O) groups is 3. The van der Waals surface area contributed by atoms with Crippen LogP contribution < -0.4 is 10.2 Å². The minimum atomic E-state index is -0.386. The van der Waals surface area contributed by atoms with Gasteiger partial charge >= 0.3 is 5.97 Å². The van der Waals surface area contributed by atoms with Crippen molar-refractivity contribution in [3.63, 3.8) is 0 Å². The van der Waals surface area contributed by atoms with Crippen molar-refractivity contribution in [3.05, 3.63) is 96.1 Å². The molecule has 6 heteroatoms. The quantitative estimate of drug-likeness (QED) is 0.358. The summed E-state index contributed by atoms with van der Waals surface area (Å²) >= 11 is 0. The zero-order chi connectivity index (χ0) is 23.5. The highest BCUT2D eigenvalue weighted by Gasteiger charge is 2.14. The third kappa shape index (κ3) is 7.61. The lowest BCUT2D eigenvalue weighted by atomic mass is 10.1. The van der Waals surface area contributed by atoms with Crippen molar-refractivity contribution in [2.45, 2.75) is 25.7 Å². The number of nitrogens with one attached hydrogen (secondary N) is 1. The molecule has 3 rings (SSSR count). The highest BCUT2D eigenvalue weighted by atomic mass is 16.5. The lowest BCUT2D eigenvalue weighted by Gasteiger charge is -2.17. The summed E-state index contributed by atoms with van der Waals surface area (Å²) in [6.07, 6.45) is 1.64. The lowest BCUT2D eigenvalue weighted by Crippen LogP contribution is -2.26. The molecule has 0 saturated heterocycles. The summed E-state index contributed by atoms with van der Waals surface area (Å²) < 4.78 is 5.20. The Balaban J connectivity index is 1.37. The number of amides is 2. The molecule has 0 fully saturated rings. The van der Waals surface area contributed by atoms with Crippen LogP contribution in [0.2, 0.25) is 0 Å². The van der Waals surface area contributed by atoms with Crippen LogP contribution in [0.5, 0.6) is 0 Å². The summed E-state index contributed by atoms with van der Waals surface area (Å²) in [5, 5.41) is 2.74. The van der Waals surface area contributed by atoms with Crippen LogP contribution in [0.4, 0.5) is 11.4 Å². The van der Waals surface area contributed by atoms with Crippen LogP contribution in [0, 0.1) is 0 Å². The van der Waals surface area contributed by atoms with E-state index < -0.39 is 0 Å². The van der Waals surface area contributed by atoms with Crippen molar-refractivity contribution in [3.8, 4) is 0 Å². The summed E-state index contributed by atoms with van der Waals surface area (Å²) in [4.78, 5) is 38.2. The summed E-state index contributed by atoms with van der Waals surface area (Å²) in [6.45, 7) is 0.336. The van der Waals surface area contributed by atoms with E-state index in [9.17, 15) is 14.4 Å². The molecule has 0 bridgehead atoms. The van der Waals surface area contributed by atoms with Gasteiger partial charge in [-0.2, -0.15) is 0 Å². The van der Waals surface area contributed by atoms with Gasteiger partial charge in [-0.05, 0) is 54.8 Å². The van der Waals surface area contributed by atoms with Crippen LogP contribution in [0.3, 0.4) is 0 Å². The zero-order valence-electron chi connectivity index (χ0n) is 18.7. The first-order valence-electron chi connectivity index (χ1n) is 11.0. The first-order chi connectivity index (χ1) is 16.0. The number of aryl methyl sites for hydroxylation is 1. The van der Waals surface area contributed by atoms with Crippen LogP contribution >= 0.6 is 0 Å². The molecule has 0 heterocycles. The number of carbonyl (C=O) groups excluding carboxylic acids is 3. The van der Waals surface area contributed by atoms with Gasteiger partial charge in [0.25, 0.3) is 5.91 Å². The average Bonchev–Trinajstić information content (AvgIpc) is 2.86. The Kier molecular flexibility index (Phi) is 8.77. The molecule has 0 aliphatic carbocycles. The van der Waals surface area contributed by atoms with Gasteiger partial charge in [0.15, 0.2) is 0 Å². The molecule has 0 spiro atoms. The Bertz CT molecular complexity index is 1050. The average molecular weight is 445 g/mol. The predicted octanol–water partition coefficient (Wildman–Crippen LogP) is 4.86. The Morgan fingerprint density at radius 3 is 2.12 bits per heavy atom.